The van der Waals surface area contributed by atoms with Gasteiger partial charge in [-0.25, -0.2) is 0 Å². The first kappa shape index (κ1) is 18.0. The van der Waals surface area contributed by atoms with Crippen molar-refractivity contribution in [3.63, 3.8) is 0 Å². The Hall–Kier alpha value is -1.06. The number of carbonyl (C=O) groups excluding carboxylic acids is 2. The third-order valence-corrected chi connectivity index (χ3v) is 9.76. The van der Waals surface area contributed by atoms with Gasteiger partial charge in [0.2, 0.25) is 0 Å². The Kier molecular flexibility index (Phi) is 3.82. The van der Waals surface area contributed by atoms with Gasteiger partial charge in [0.25, 0.3) is 0 Å². The maximum Gasteiger partial charge on any atom is 0.302 e. The molecule has 0 amide bonds. The van der Waals surface area contributed by atoms with Crippen LogP contribution in [0.4, 0.5) is 0 Å². The number of rotatable bonds is 2. The molecular weight excluding hydrogens is 340 g/mol. The van der Waals surface area contributed by atoms with Gasteiger partial charge in [0.05, 0.1) is 0 Å². The lowest BCUT2D eigenvalue weighted by molar-refractivity contribution is -0.160. The van der Waals surface area contributed by atoms with Crippen LogP contribution in [0.3, 0.4) is 0 Å². The topological polar surface area (TPSA) is 52.6 Å². The second-order valence-corrected chi connectivity index (χ2v) is 10.8. The second kappa shape index (κ2) is 5.73. The van der Waals surface area contributed by atoms with Gasteiger partial charge in [0, 0.05) is 31.1 Å². The van der Waals surface area contributed by atoms with Crippen LogP contribution < -0.4 is 0 Å². The molecule has 4 heteroatoms. The maximum absolute atomic E-state index is 11.6. The van der Waals surface area contributed by atoms with Crippen molar-refractivity contribution in [1.29, 1.82) is 0 Å². The Bertz CT molecular complexity index is 673. The van der Waals surface area contributed by atoms with E-state index in [4.69, 9.17) is 9.47 Å². The van der Waals surface area contributed by atoms with Crippen molar-refractivity contribution >= 4 is 11.9 Å². The first-order valence-corrected chi connectivity index (χ1v) is 11.1. The minimum absolute atomic E-state index is 0.110. The van der Waals surface area contributed by atoms with Crippen LogP contribution in [-0.2, 0) is 19.1 Å². The zero-order valence-electron chi connectivity index (χ0n) is 17.2. The highest BCUT2D eigenvalue weighted by atomic mass is 16.6. The van der Waals surface area contributed by atoms with E-state index >= 15 is 0 Å². The van der Waals surface area contributed by atoms with E-state index in [0.717, 1.165) is 24.2 Å². The van der Waals surface area contributed by atoms with Crippen LogP contribution in [0.2, 0.25) is 0 Å². The van der Waals surface area contributed by atoms with Gasteiger partial charge >= 0.3 is 11.9 Å². The van der Waals surface area contributed by atoms with E-state index in [1.165, 1.54) is 38.5 Å². The molecule has 4 nitrogen and oxygen atoms in total. The molecule has 0 heterocycles. The Morgan fingerprint density at radius 2 is 1.44 bits per heavy atom. The second-order valence-electron chi connectivity index (χ2n) is 10.8. The number of hydrogen-bond donors (Lipinski definition) is 0. The van der Waals surface area contributed by atoms with Crippen molar-refractivity contribution in [1.82, 2.24) is 0 Å². The van der Waals surface area contributed by atoms with Crippen molar-refractivity contribution in [2.45, 2.75) is 84.8 Å². The van der Waals surface area contributed by atoms with Gasteiger partial charge < -0.3 is 9.47 Å². The summed E-state index contributed by atoms with van der Waals surface area (Å²) < 4.78 is 11.4. The van der Waals surface area contributed by atoms with E-state index in [2.05, 4.69) is 13.8 Å². The van der Waals surface area contributed by atoms with Gasteiger partial charge in [-0.3, -0.25) is 9.59 Å². The zero-order valence-corrected chi connectivity index (χ0v) is 17.2. The Morgan fingerprint density at radius 1 is 0.778 bits per heavy atom. The predicted molar refractivity (Wildman–Crippen MR) is 101 cm³/mol. The first-order chi connectivity index (χ1) is 12.8. The van der Waals surface area contributed by atoms with Crippen molar-refractivity contribution in [2.75, 3.05) is 0 Å². The summed E-state index contributed by atoms with van der Waals surface area (Å²) in [5.74, 6) is 4.06. The minimum atomic E-state index is -0.118. The largest absolute Gasteiger partial charge is 0.462 e. The van der Waals surface area contributed by atoms with E-state index in [-0.39, 0.29) is 29.6 Å². The van der Waals surface area contributed by atoms with Crippen molar-refractivity contribution in [3.05, 3.63) is 0 Å². The van der Waals surface area contributed by atoms with Crippen molar-refractivity contribution in [3.8, 4) is 0 Å². The highest BCUT2D eigenvalue weighted by molar-refractivity contribution is 5.66. The summed E-state index contributed by atoms with van der Waals surface area (Å²) in [6.07, 6.45) is 8.93. The molecule has 5 fully saturated rings. The fourth-order valence-corrected chi connectivity index (χ4v) is 8.78. The maximum atomic E-state index is 11.6. The molecule has 0 aromatic rings. The monoisotopic (exact) mass is 374 g/mol. The first-order valence-electron chi connectivity index (χ1n) is 11.1. The molecular formula is C23H34O4. The molecule has 5 aliphatic rings. The molecule has 5 rings (SSSR count). The van der Waals surface area contributed by atoms with E-state index in [1.807, 2.05) is 0 Å². The van der Waals surface area contributed by atoms with Crippen molar-refractivity contribution < 1.29 is 19.1 Å². The molecule has 0 bridgehead atoms. The number of carbonyl (C=O) groups is 2. The quantitative estimate of drug-likeness (QED) is 0.674. The van der Waals surface area contributed by atoms with Gasteiger partial charge in [-0.05, 0) is 74.0 Å². The lowest BCUT2D eigenvalue weighted by Crippen LogP contribution is -2.52. The normalized spacial score (nSPS) is 55.0. The molecule has 0 radical (unpaired) electrons. The molecule has 0 spiro atoms. The molecule has 150 valence electrons. The molecule has 0 N–H and O–H groups in total. The van der Waals surface area contributed by atoms with Crippen LogP contribution >= 0.6 is 0 Å². The average Bonchev–Trinajstić information content (AvgIpc) is 2.95. The number of hydrogen-bond acceptors (Lipinski definition) is 4. The molecule has 0 aromatic carbocycles. The Balaban J connectivity index is 1.35. The van der Waals surface area contributed by atoms with E-state index in [9.17, 15) is 9.59 Å². The standard InChI is InChI=1S/C23H34O4/c1-12(24)26-19-8-7-16-14-5-6-18-20-15(21(20)27-13(2)25)11-23(18,4)17(14)9-10-22(16,19)3/h14-21H,5-11H2,1-4H3/t14-,15?,16-,17-,18?,19?,20?,21?,22-,23+/m0/s1. The lowest BCUT2D eigenvalue weighted by atomic mass is 9.47. The summed E-state index contributed by atoms with van der Waals surface area (Å²) in [5, 5.41) is 0. The molecule has 5 unspecified atom stereocenters. The third-order valence-electron chi connectivity index (χ3n) is 9.76. The van der Waals surface area contributed by atoms with Gasteiger partial charge in [-0.2, -0.15) is 0 Å². The van der Waals surface area contributed by atoms with E-state index in [1.54, 1.807) is 13.8 Å². The highest BCUT2D eigenvalue weighted by Gasteiger charge is 2.72. The minimum Gasteiger partial charge on any atom is -0.462 e. The summed E-state index contributed by atoms with van der Waals surface area (Å²) in [5.41, 5.74) is 0.605. The summed E-state index contributed by atoms with van der Waals surface area (Å²) in [6, 6.07) is 0. The fourth-order valence-electron chi connectivity index (χ4n) is 8.78. The average molecular weight is 375 g/mol. The Labute approximate surface area is 162 Å². The van der Waals surface area contributed by atoms with Gasteiger partial charge in [-0.15, -0.1) is 0 Å². The van der Waals surface area contributed by atoms with Gasteiger partial charge in [0.1, 0.15) is 12.2 Å². The highest BCUT2D eigenvalue weighted by Crippen LogP contribution is 2.74. The van der Waals surface area contributed by atoms with Crippen molar-refractivity contribution in [2.24, 2.45) is 46.3 Å². The SMILES string of the molecule is CC(=O)OC1C2C[C@@]3(C)C(CC[C@@H]4[C@@H]3CC[C@]3(C)C(OC(C)=O)CC[C@@H]43)C21. The zero-order chi connectivity index (χ0) is 19.1. The molecule has 5 aliphatic carbocycles. The summed E-state index contributed by atoms with van der Waals surface area (Å²) in [4.78, 5) is 23.0. The van der Waals surface area contributed by atoms with Crippen LogP contribution in [-0.4, -0.2) is 24.1 Å². The van der Waals surface area contributed by atoms with Crippen LogP contribution in [0.15, 0.2) is 0 Å². The molecule has 27 heavy (non-hydrogen) atoms. The summed E-state index contributed by atoms with van der Waals surface area (Å²) in [6.45, 7) is 8.04. The van der Waals surface area contributed by atoms with Crippen LogP contribution in [0, 0.1) is 46.3 Å². The van der Waals surface area contributed by atoms with E-state index in [0.29, 0.717) is 23.2 Å². The molecule has 5 saturated carbocycles. The fraction of sp³-hybridized carbons (Fsp3) is 0.913. The predicted octanol–water partition coefficient (Wildman–Crippen LogP) is 4.36. The smallest absolute Gasteiger partial charge is 0.302 e. The van der Waals surface area contributed by atoms with Crippen LogP contribution in [0.1, 0.15) is 72.6 Å². The van der Waals surface area contributed by atoms with Crippen LogP contribution in [0.5, 0.6) is 0 Å². The van der Waals surface area contributed by atoms with Gasteiger partial charge in [0.15, 0.2) is 0 Å². The lowest BCUT2D eigenvalue weighted by Gasteiger charge is -2.58. The molecule has 10 atom stereocenters. The van der Waals surface area contributed by atoms with Gasteiger partial charge in [-0.1, -0.05) is 13.8 Å². The summed E-state index contributed by atoms with van der Waals surface area (Å²) >= 11 is 0. The van der Waals surface area contributed by atoms with E-state index < -0.39 is 0 Å². The van der Waals surface area contributed by atoms with Crippen LogP contribution in [0.25, 0.3) is 0 Å². The molecule has 0 aliphatic heterocycles. The molecule has 0 aromatic heterocycles. The summed E-state index contributed by atoms with van der Waals surface area (Å²) in [7, 11) is 0. The third kappa shape index (κ3) is 2.40. The number of esters is 2. The number of ether oxygens (including phenoxy) is 2. The number of fused-ring (bicyclic) bond motifs is 7. The Morgan fingerprint density at radius 3 is 2.15 bits per heavy atom. The molecule has 0 saturated heterocycles.